The van der Waals surface area contributed by atoms with Crippen molar-refractivity contribution >= 4 is 28.1 Å². The lowest BCUT2D eigenvalue weighted by Crippen LogP contribution is -2.36. The van der Waals surface area contributed by atoms with Gasteiger partial charge in [0.15, 0.2) is 0 Å². The molecule has 3 heterocycles. The van der Waals surface area contributed by atoms with Crippen LogP contribution in [0.2, 0.25) is 0 Å². The van der Waals surface area contributed by atoms with E-state index >= 15 is 0 Å². The molecule has 1 saturated heterocycles. The largest absolute Gasteiger partial charge is 0.378 e. The lowest BCUT2D eigenvalue weighted by atomic mass is 10.1. The molecule has 2 aromatic heterocycles. The molecule has 0 saturated carbocycles. The number of aryl methyl sites for hydroxylation is 1. The van der Waals surface area contributed by atoms with Gasteiger partial charge in [-0.05, 0) is 53.6 Å². The first-order valence-corrected chi connectivity index (χ1v) is 9.84. The maximum absolute atomic E-state index is 5.46. The SMILES string of the molecule is Cn1ncc2cc(-c3ccnc(Nc4cccc(N5CCOCC5)c4)c3)ccc21. The average molecular weight is 385 g/mol. The van der Waals surface area contributed by atoms with E-state index in [0.29, 0.717) is 0 Å². The van der Waals surface area contributed by atoms with Gasteiger partial charge in [-0.1, -0.05) is 12.1 Å². The normalized spacial score (nSPS) is 14.3. The summed E-state index contributed by atoms with van der Waals surface area (Å²) in [7, 11) is 1.96. The Morgan fingerprint density at radius 3 is 2.72 bits per heavy atom. The van der Waals surface area contributed by atoms with Crippen LogP contribution in [0.1, 0.15) is 0 Å². The van der Waals surface area contributed by atoms with Gasteiger partial charge in [0.2, 0.25) is 0 Å². The molecular formula is C23H23N5O. The number of hydrogen-bond acceptors (Lipinski definition) is 5. The minimum absolute atomic E-state index is 0.780. The predicted octanol–water partition coefficient (Wildman–Crippen LogP) is 4.22. The van der Waals surface area contributed by atoms with E-state index in [2.05, 4.69) is 68.8 Å². The molecule has 0 aliphatic carbocycles. The summed E-state index contributed by atoms with van der Waals surface area (Å²) in [5.74, 6) is 0.827. The van der Waals surface area contributed by atoms with Crippen molar-refractivity contribution in [2.75, 3.05) is 36.5 Å². The second-order valence-electron chi connectivity index (χ2n) is 7.25. The van der Waals surface area contributed by atoms with Gasteiger partial charge >= 0.3 is 0 Å². The van der Waals surface area contributed by atoms with E-state index in [0.717, 1.165) is 59.8 Å². The first-order valence-electron chi connectivity index (χ1n) is 9.84. The highest BCUT2D eigenvalue weighted by molar-refractivity contribution is 5.85. The molecule has 0 unspecified atom stereocenters. The fourth-order valence-corrected chi connectivity index (χ4v) is 3.77. The van der Waals surface area contributed by atoms with Crippen molar-refractivity contribution in [1.29, 1.82) is 0 Å². The van der Waals surface area contributed by atoms with E-state index < -0.39 is 0 Å². The molecule has 29 heavy (non-hydrogen) atoms. The number of nitrogens with one attached hydrogen (secondary N) is 1. The van der Waals surface area contributed by atoms with Crippen molar-refractivity contribution in [2.45, 2.75) is 0 Å². The molecule has 6 heteroatoms. The van der Waals surface area contributed by atoms with Crippen molar-refractivity contribution < 1.29 is 4.74 Å². The van der Waals surface area contributed by atoms with E-state index in [-0.39, 0.29) is 0 Å². The molecule has 6 nitrogen and oxygen atoms in total. The number of morpholine rings is 1. The molecule has 2 aromatic carbocycles. The molecule has 0 atom stereocenters. The van der Waals surface area contributed by atoms with E-state index in [4.69, 9.17) is 4.74 Å². The number of anilines is 3. The second kappa shape index (κ2) is 7.56. The first kappa shape index (κ1) is 17.7. The summed E-state index contributed by atoms with van der Waals surface area (Å²) < 4.78 is 7.35. The minimum Gasteiger partial charge on any atom is -0.378 e. The van der Waals surface area contributed by atoms with E-state index in [1.807, 2.05) is 30.2 Å². The molecule has 5 rings (SSSR count). The molecule has 4 aromatic rings. The van der Waals surface area contributed by atoms with E-state index in [1.165, 1.54) is 5.69 Å². The van der Waals surface area contributed by atoms with Crippen LogP contribution < -0.4 is 10.2 Å². The number of benzene rings is 2. The Morgan fingerprint density at radius 2 is 1.83 bits per heavy atom. The second-order valence-corrected chi connectivity index (χ2v) is 7.25. The van der Waals surface area contributed by atoms with Gasteiger partial charge in [-0.15, -0.1) is 0 Å². The van der Waals surface area contributed by atoms with Gasteiger partial charge in [0.25, 0.3) is 0 Å². The summed E-state index contributed by atoms with van der Waals surface area (Å²) in [4.78, 5) is 6.86. The third-order valence-corrected chi connectivity index (χ3v) is 5.33. The van der Waals surface area contributed by atoms with Crippen LogP contribution >= 0.6 is 0 Å². The van der Waals surface area contributed by atoms with Crippen LogP contribution in [-0.2, 0) is 11.8 Å². The molecule has 1 fully saturated rings. The number of fused-ring (bicyclic) bond motifs is 1. The third-order valence-electron chi connectivity index (χ3n) is 5.33. The zero-order valence-corrected chi connectivity index (χ0v) is 16.4. The van der Waals surface area contributed by atoms with Crippen LogP contribution in [0.15, 0.2) is 67.0 Å². The van der Waals surface area contributed by atoms with Crippen molar-refractivity contribution in [3.05, 3.63) is 67.0 Å². The van der Waals surface area contributed by atoms with Crippen molar-refractivity contribution in [1.82, 2.24) is 14.8 Å². The van der Waals surface area contributed by atoms with Gasteiger partial charge in [-0.2, -0.15) is 5.10 Å². The molecular weight excluding hydrogens is 362 g/mol. The maximum Gasteiger partial charge on any atom is 0.130 e. The van der Waals surface area contributed by atoms with Crippen molar-refractivity contribution in [3.63, 3.8) is 0 Å². The molecule has 1 aliphatic heterocycles. The number of pyridine rings is 1. The van der Waals surface area contributed by atoms with Crippen molar-refractivity contribution in [2.24, 2.45) is 7.05 Å². The molecule has 0 radical (unpaired) electrons. The Labute approximate surface area is 169 Å². The summed E-state index contributed by atoms with van der Waals surface area (Å²) in [5.41, 5.74) is 5.63. The molecule has 0 bridgehead atoms. The standard InChI is InChI=1S/C23H23N5O/c1-27-22-6-5-17(13-19(22)16-25-27)18-7-8-24-23(14-18)26-20-3-2-4-21(15-20)28-9-11-29-12-10-28/h2-8,13-16H,9-12H2,1H3,(H,24,26). The fourth-order valence-electron chi connectivity index (χ4n) is 3.77. The summed E-state index contributed by atoms with van der Waals surface area (Å²) in [6.07, 6.45) is 3.74. The summed E-state index contributed by atoms with van der Waals surface area (Å²) in [5, 5.41) is 8.91. The summed E-state index contributed by atoms with van der Waals surface area (Å²) in [6.45, 7) is 3.41. The maximum atomic E-state index is 5.46. The highest BCUT2D eigenvalue weighted by Crippen LogP contribution is 2.27. The zero-order chi connectivity index (χ0) is 19.6. The molecule has 0 amide bonds. The molecule has 146 valence electrons. The average Bonchev–Trinajstić information content (AvgIpc) is 3.15. The first-order chi connectivity index (χ1) is 14.3. The lowest BCUT2D eigenvalue weighted by Gasteiger charge is -2.29. The topological polar surface area (TPSA) is 55.2 Å². The Bertz CT molecular complexity index is 1150. The van der Waals surface area contributed by atoms with Gasteiger partial charge in [-0.25, -0.2) is 4.98 Å². The molecule has 0 spiro atoms. The fraction of sp³-hybridized carbons (Fsp3) is 0.217. The van der Waals surface area contributed by atoms with Gasteiger partial charge in [0.05, 0.1) is 24.9 Å². The van der Waals surface area contributed by atoms with Crippen LogP contribution in [-0.4, -0.2) is 41.1 Å². The Balaban J connectivity index is 1.39. The highest BCUT2D eigenvalue weighted by atomic mass is 16.5. The molecule has 1 N–H and O–H groups in total. The van der Waals surface area contributed by atoms with E-state index in [9.17, 15) is 0 Å². The Morgan fingerprint density at radius 1 is 0.966 bits per heavy atom. The quantitative estimate of drug-likeness (QED) is 0.570. The van der Waals surface area contributed by atoms with Gasteiger partial charge < -0.3 is 15.0 Å². The smallest absolute Gasteiger partial charge is 0.130 e. The Hall–Kier alpha value is -3.38. The zero-order valence-electron chi connectivity index (χ0n) is 16.4. The minimum atomic E-state index is 0.780. The van der Waals surface area contributed by atoms with Crippen LogP contribution in [0.4, 0.5) is 17.2 Å². The predicted molar refractivity (Wildman–Crippen MR) is 117 cm³/mol. The van der Waals surface area contributed by atoms with Crippen LogP contribution in [0.25, 0.3) is 22.0 Å². The Kier molecular flexibility index (Phi) is 4.62. The lowest BCUT2D eigenvalue weighted by molar-refractivity contribution is 0.122. The van der Waals surface area contributed by atoms with E-state index in [1.54, 1.807) is 0 Å². The number of nitrogens with zero attached hydrogens (tertiary/aromatic N) is 4. The monoisotopic (exact) mass is 385 g/mol. The number of rotatable bonds is 4. The van der Waals surface area contributed by atoms with Crippen LogP contribution in [0.3, 0.4) is 0 Å². The number of hydrogen-bond donors (Lipinski definition) is 1. The third kappa shape index (κ3) is 3.67. The highest BCUT2D eigenvalue weighted by Gasteiger charge is 2.11. The van der Waals surface area contributed by atoms with Crippen molar-refractivity contribution in [3.8, 4) is 11.1 Å². The number of ether oxygens (including phenoxy) is 1. The summed E-state index contributed by atoms with van der Waals surface area (Å²) in [6, 6.07) is 19.0. The number of aromatic nitrogens is 3. The van der Waals surface area contributed by atoms with Gasteiger partial charge in [-0.3, -0.25) is 4.68 Å². The summed E-state index contributed by atoms with van der Waals surface area (Å²) >= 11 is 0. The van der Waals surface area contributed by atoms with Gasteiger partial charge in [0.1, 0.15) is 5.82 Å². The van der Waals surface area contributed by atoms with Crippen LogP contribution in [0.5, 0.6) is 0 Å². The molecule has 1 aliphatic rings. The van der Waals surface area contributed by atoms with Gasteiger partial charge in [0, 0.05) is 43.1 Å². The van der Waals surface area contributed by atoms with Crippen LogP contribution in [0, 0.1) is 0 Å².